The molecule has 5 nitrogen and oxygen atoms in total. The van der Waals surface area contributed by atoms with E-state index in [1.165, 1.54) is 0 Å². The molecule has 1 aliphatic rings. The van der Waals surface area contributed by atoms with E-state index < -0.39 is 0 Å². The van der Waals surface area contributed by atoms with E-state index in [1.54, 1.807) is 6.20 Å². The van der Waals surface area contributed by atoms with Crippen molar-refractivity contribution in [3.63, 3.8) is 0 Å². The average molecular weight is 262 g/mol. The predicted molar refractivity (Wildman–Crippen MR) is 76.4 cm³/mol. The lowest BCUT2D eigenvalue weighted by Gasteiger charge is -2.38. The van der Waals surface area contributed by atoms with Crippen LogP contribution in [0.2, 0.25) is 0 Å². The van der Waals surface area contributed by atoms with Crippen LogP contribution in [0, 0.1) is 0 Å². The number of nitrogens with one attached hydrogen (secondary N) is 1. The van der Waals surface area contributed by atoms with Crippen molar-refractivity contribution in [3.8, 4) is 0 Å². The van der Waals surface area contributed by atoms with Crippen LogP contribution in [-0.4, -0.2) is 60.0 Å². The van der Waals surface area contributed by atoms with E-state index in [0.717, 1.165) is 26.2 Å². The van der Waals surface area contributed by atoms with Gasteiger partial charge in [0.05, 0.1) is 5.56 Å². The quantitative estimate of drug-likeness (QED) is 0.891. The summed E-state index contributed by atoms with van der Waals surface area (Å²) in [4.78, 5) is 21.1. The summed E-state index contributed by atoms with van der Waals surface area (Å²) in [5.41, 5.74) is 0.667. The highest BCUT2D eigenvalue weighted by Gasteiger charge is 2.27. The molecule has 1 aliphatic heterocycles. The van der Waals surface area contributed by atoms with Gasteiger partial charge in [-0.15, -0.1) is 0 Å². The number of carbonyl (C=O) groups is 1. The average Bonchev–Trinajstić information content (AvgIpc) is 2.39. The summed E-state index contributed by atoms with van der Waals surface area (Å²) in [5.74, 6) is 0.755. The monoisotopic (exact) mass is 262 g/mol. The Hall–Kier alpha value is -1.62. The second kappa shape index (κ2) is 6.02. The Morgan fingerprint density at radius 3 is 3.00 bits per heavy atom. The molecule has 0 aliphatic carbocycles. The Balaban J connectivity index is 2.19. The number of rotatable bonds is 3. The smallest absolute Gasteiger partial charge is 0.257 e. The molecule has 0 saturated carbocycles. The van der Waals surface area contributed by atoms with Crippen molar-refractivity contribution in [2.24, 2.45) is 0 Å². The Morgan fingerprint density at radius 1 is 1.53 bits per heavy atom. The molecule has 1 atom stereocenters. The summed E-state index contributed by atoms with van der Waals surface area (Å²) in [5, 5.41) is 3.15. The van der Waals surface area contributed by atoms with Gasteiger partial charge >= 0.3 is 0 Å². The van der Waals surface area contributed by atoms with Gasteiger partial charge in [-0.2, -0.15) is 0 Å². The van der Waals surface area contributed by atoms with E-state index in [0.29, 0.717) is 11.4 Å². The SMILES string of the molecule is CCNc1ncccc1C(=O)N1CCN(C)CC1C. The minimum Gasteiger partial charge on any atom is -0.370 e. The lowest BCUT2D eigenvalue weighted by molar-refractivity contribution is 0.0534. The molecule has 1 aromatic rings. The lowest BCUT2D eigenvalue weighted by atomic mass is 10.1. The van der Waals surface area contributed by atoms with Gasteiger partial charge in [-0.1, -0.05) is 0 Å². The van der Waals surface area contributed by atoms with Gasteiger partial charge in [-0.3, -0.25) is 4.79 Å². The number of hydrogen-bond acceptors (Lipinski definition) is 4. The summed E-state index contributed by atoms with van der Waals surface area (Å²) in [6.45, 7) is 7.47. The topological polar surface area (TPSA) is 48.5 Å². The van der Waals surface area contributed by atoms with E-state index in [2.05, 4.69) is 29.2 Å². The minimum atomic E-state index is 0.0738. The number of piperazine rings is 1. The zero-order valence-corrected chi connectivity index (χ0v) is 11.9. The first-order valence-corrected chi connectivity index (χ1v) is 6.82. The molecule has 1 N–H and O–H groups in total. The van der Waals surface area contributed by atoms with Crippen molar-refractivity contribution in [1.82, 2.24) is 14.8 Å². The Kier molecular flexibility index (Phi) is 4.37. The van der Waals surface area contributed by atoms with Crippen LogP contribution < -0.4 is 5.32 Å². The van der Waals surface area contributed by atoms with Crippen LogP contribution >= 0.6 is 0 Å². The maximum absolute atomic E-state index is 12.6. The van der Waals surface area contributed by atoms with E-state index >= 15 is 0 Å². The highest BCUT2D eigenvalue weighted by atomic mass is 16.2. The lowest BCUT2D eigenvalue weighted by Crippen LogP contribution is -2.52. The summed E-state index contributed by atoms with van der Waals surface area (Å²) in [6, 6.07) is 3.90. The molecular formula is C14H22N4O. The van der Waals surface area contributed by atoms with Crippen LogP contribution in [0.5, 0.6) is 0 Å². The fraction of sp³-hybridized carbons (Fsp3) is 0.571. The van der Waals surface area contributed by atoms with Crippen LogP contribution in [0.25, 0.3) is 0 Å². The van der Waals surface area contributed by atoms with Crippen LogP contribution in [0.3, 0.4) is 0 Å². The minimum absolute atomic E-state index is 0.0738. The number of hydrogen-bond donors (Lipinski definition) is 1. The van der Waals surface area contributed by atoms with Crippen molar-refractivity contribution in [2.75, 3.05) is 38.5 Å². The third kappa shape index (κ3) is 3.04. The zero-order valence-electron chi connectivity index (χ0n) is 11.9. The molecular weight excluding hydrogens is 240 g/mol. The van der Waals surface area contributed by atoms with Crippen molar-refractivity contribution in [1.29, 1.82) is 0 Å². The van der Waals surface area contributed by atoms with E-state index in [1.807, 2.05) is 24.0 Å². The first kappa shape index (κ1) is 13.8. The molecule has 19 heavy (non-hydrogen) atoms. The predicted octanol–water partition coefficient (Wildman–Crippen LogP) is 1.29. The maximum atomic E-state index is 12.6. The van der Waals surface area contributed by atoms with Crippen molar-refractivity contribution < 1.29 is 4.79 Å². The summed E-state index contributed by atoms with van der Waals surface area (Å²) >= 11 is 0. The molecule has 0 aromatic carbocycles. The standard InChI is InChI=1S/C14H22N4O/c1-4-15-13-12(6-5-7-16-13)14(19)18-9-8-17(3)10-11(18)2/h5-7,11H,4,8-10H2,1-3H3,(H,15,16). The Bertz CT molecular complexity index is 449. The molecule has 5 heteroatoms. The number of aromatic nitrogens is 1. The Labute approximate surface area is 114 Å². The number of carbonyl (C=O) groups excluding carboxylic acids is 1. The number of anilines is 1. The van der Waals surface area contributed by atoms with Gasteiger partial charge in [-0.25, -0.2) is 4.98 Å². The molecule has 104 valence electrons. The molecule has 1 amide bonds. The molecule has 2 rings (SSSR count). The third-order valence-electron chi connectivity index (χ3n) is 3.47. The van der Waals surface area contributed by atoms with Gasteiger partial charge in [0, 0.05) is 38.4 Å². The molecule has 1 saturated heterocycles. The van der Waals surface area contributed by atoms with Gasteiger partial charge < -0.3 is 15.1 Å². The van der Waals surface area contributed by atoms with Gasteiger partial charge in [0.2, 0.25) is 0 Å². The molecule has 1 aromatic heterocycles. The van der Waals surface area contributed by atoms with Crippen LogP contribution in [0.4, 0.5) is 5.82 Å². The van der Waals surface area contributed by atoms with E-state index in [-0.39, 0.29) is 11.9 Å². The van der Waals surface area contributed by atoms with Crippen molar-refractivity contribution >= 4 is 11.7 Å². The van der Waals surface area contributed by atoms with Gasteiger partial charge in [-0.05, 0) is 33.0 Å². The molecule has 2 heterocycles. The number of likely N-dealkylation sites (N-methyl/N-ethyl adjacent to an activating group) is 1. The number of nitrogens with zero attached hydrogens (tertiary/aromatic N) is 3. The summed E-state index contributed by atoms with van der Waals surface area (Å²) < 4.78 is 0. The van der Waals surface area contributed by atoms with Gasteiger partial charge in [0.15, 0.2) is 0 Å². The normalized spacial score (nSPS) is 20.4. The molecule has 0 bridgehead atoms. The molecule has 0 radical (unpaired) electrons. The molecule has 1 fully saturated rings. The van der Waals surface area contributed by atoms with Crippen LogP contribution in [0.15, 0.2) is 18.3 Å². The van der Waals surface area contributed by atoms with E-state index in [4.69, 9.17) is 0 Å². The summed E-state index contributed by atoms with van der Waals surface area (Å²) in [7, 11) is 2.09. The fourth-order valence-electron chi connectivity index (χ4n) is 2.48. The van der Waals surface area contributed by atoms with Crippen molar-refractivity contribution in [3.05, 3.63) is 23.9 Å². The summed E-state index contributed by atoms with van der Waals surface area (Å²) in [6.07, 6.45) is 1.71. The molecule has 1 unspecified atom stereocenters. The zero-order chi connectivity index (χ0) is 13.8. The van der Waals surface area contributed by atoms with Gasteiger partial charge in [0.1, 0.15) is 5.82 Å². The van der Waals surface area contributed by atoms with Crippen LogP contribution in [-0.2, 0) is 0 Å². The van der Waals surface area contributed by atoms with Gasteiger partial charge in [0.25, 0.3) is 5.91 Å². The van der Waals surface area contributed by atoms with Crippen LogP contribution in [0.1, 0.15) is 24.2 Å². The van der Waals surface area contributed by atoms with Crippen molar-refractivity contribution in [2.45, 2.75) is 19.9 Å². The number of pyridine rings is 1. The second-order valence-corrected chi connectivity index (χ2v) is 5.04. The highest BCUT2D eigenvalue weighted by molar-refractivity contribution is 5.99. The highest BCUT2D eigenvalue weighted by Crippen LogP contribution is 2.18. The first-order valence-electron chi connectivity index (χ1n) is 6.82. The maximum Gasteiger partial charge on any atom is 0.257 e. The van der Waals surface area contributed by atoms with E-state index in [9.17, 15) is 4.79 Å². The fourth-order valence-corrected chi connectivity index (χ4v) is 2.48. The largest absolute Gasteiger partial charge is 0.370 e. The second-order valence-electron chi connectivity index (χ2n) is 5.04. The number of amides is 1. The first-order chi connectivity index (χ1) is 9.13. The Morgan fingerprint density at radius 2 is 2.32 bits per heavy atom. The molecule has 0 spiro atoms. The third-order valence-corrected chi connectivity index (χ3v) is 3.47.